The van der Waals surface area contributed by atoms with Crippen LogP contribution in [0, 0.1) is 0 Å². The van der Waals surface area contributed by atoms with E-state index in [1.807, 2.05) is 0 Å². The topological polar surface area (TPSA) is 76.1 Å². The Morgan fingerprint density at radius 1 is 1.09 bits per heavy atom. The van der Waals surface area contributed by atoms with E-state index in [1.165, 1.54) is 4.90 Å². The number of benzene rings is 3. The third-order valence-electron chi connectivity index (χ3n) is 5.42. The molecule has 9 heteroatoms. The van der Waals surface area contributed by atoms with Crippen LogP contribution in [-0.2, 0) is 4.79 Å². The Kier molecular flexibility index (Phi) is 7.24. The highest BCUT2D eigenvalue weighted by atomic mass is 35.5. The number of fused-ring (bicyclic) bond motifs is 1. The highest BCUT2D eigenvalue weighted by Crippen LogP contribution is 2.41. The molecule has 0 aromatic heterocycles. The van der Waals surface area contributed by atoms with Gasteiger partial charge in [-0.15, -0.1) is 0 Å². The van der Waals surface area contributed by atoms with E-state index in [1.54, 1.807) is 60.7 Å². The van der Waals surface area contributed by atoms with Gasteiger partial charge < -0.3 is 19.5 Å². The Labute approximate surface area is 205 Å². The number of carboxylic acids is 1. The summed E-state index contributed by atoms with van der Waals surface area (Å²) in [7, 11) is 0. The Bertz CT molecular complexity index is 1200. The van der Waals surface area contributed by atoms with Crippen molar-refractivity contribution in [3.8, 4) is 17.2 Å². The van der Waals surface area contributed by atoms with Gasteiger partial charge in [-0.3, -0.25) is 9.59 Å². The van der Waals surface area contributed by atoms with Gasteiger partial charge in [0, 0.05) is 27.9 Å². The molecule has 1 aliphatic rings. The molecule has 176 valence electrons. The maximum Gasteiger partial charge on any atom is 0.311 e. The van der Waals surface area contributed by atoms with Crippen molar-refractivity contribution in [2.45, 2.75) is 12.3 Å². The number of hydrogen-bond donors (Lipinski definition) is 1. The van der Waals surface area contributed by atoms with Gasteiger partial charge in [-0.25, -0.2) is 4.39 Å². The van der Waals surface area contributed by atoms with E-state index < -0.39 is 18.6 Å². The van der Waals surface area contributed by atoms with Gasteiger partial charge in [-0.1, -0.05) is 23.2 Å². The van der Waals surface area contributed by atoms with Crippen molar-refractivity contribution >= 4 is 40.8 Å². The second-order valence-corrected chi connectivity index (χ2v) is 8.44. The molecule has 1 heterocycles. The zero-order chi connectivity index (χ0) is 24.2. The van der Waals surface area contributed by atoms with Gasteiger partial charge in [0.25, 0.3) is 5.91 Å². The lowest BCUT2D eigenvalue weighted by atomic mass is 9.93. The molecule has 6 nitrogen and oxygen atoms in total. The number of carbonyl (C=O) groups is 2. The second-order valence-electron chi connectivity index (χ2n) is 7.60. The number of hydrogen-bond acceptors (Lipinski definition) is 4. The smallest absolute Gasteiger partial charge is 0.311 e. The van der Waals surface area contributed by atoms with E-state index in [0.29, 0.717) is 45.5 Å². The molecule has 0 aliphatic carbocycles. The van der Waals surface area contributed by atoms with E-state index in [2.05, 4.69) is 0 Å². The first-order valence-electron chi connectivity index (χ1n) is 10.5. The molecule has 1 N–H and O–H groups in total. The molecule has 0 saturated carbocycles. The number of halogens is 3. The average Bonchev–Trinajstić information content (AvgIpc) is 2.83. The van der Waals surface area contributed by atoms with Crippen LogP contribution in [0.25, 0.3) is 0 Å². The highest BCUT2D eigenvalue weighted by molar-refractivity contribution is 6.32. The molecule has 3 aromatic rings. The van der Waals surface area contributed by atoms with E-state index in [4.69, 9.17) is 32.7 Å². The van der Waals surface area contributed by atoms with E-state index in [-0.39, 0.29) is 24.1 Å². The predicted molar refractivity (Wildman–Crippen MR) is 128 cm³/mol. The third-order valence-corrected chi connectivity index (χ3v) is 5.97. The van der Waals surface area contributed by atoms with Crippen LogP contribution in [0.5, 0.6) is 17.2 Å². The summed E-state index contributed by atoms with van der Waals surface area (Å²) >= 11 is 12.2. The fourth-order valence-electron chi connectivity index (χ4n) is 3.73. The van der Waals surface area contributed by atoms with E-state index >= 15 is 0 Å². The first kappa shape index (κ1) is 23.9. The molecule has 1 aliphatic heterocycles. The second kappa shape index (κ2) is 10.3. The number of carboxylic acid groups (broad SMARTS) is 1. The summed E-state index contributed by atoms with van der Waals surface area (Å²) < 4.78 is 24.6. The summed E-state index contributed by atoms with van der Waals surface area (Å²) in [5, 5.41) is 10.2. The zero-order valence-corrected chi connectivity index (χ0v) is 19.4. The maximum absolute atomic E-state index is 13.1. The number of carbonyl (C=O) groups excluding carboxylic acids is 1. The largest absolute Gasteiger partial charge is 0.493 e. The molecule has 1 unspecified atom stereocenters. The molecule has 4 rings (SSSR count). The first-order chi connectivity index (χ1) is 16.4. The SMILES string of the molecule is O=C(O)C1CCOc2cc(Oc3ccc(C(=O)N(CCF)c4ccc(Cl)cc4)cc3)c(Cl)cc21. The van der Waals surface area contributed by atoms with Crippen molar-refractivity contribution in [1.82, 2.24) is 0 Å². The third kappa shape index (κ3) is 5.11. The molecule has 0 spiro atoms. The van der Waals surface area contributed by atoms with Crippen LogP contribution in [0.15, 0.2) is 60.7 Å². The molecule has 34 heavy (non-hydrogen) atoms. The van der Waals surface area contributed by atoms with Gasteiger partial charge in [0.1, 0.15) is 23.9 Å². The lowest BCUT2D eigenvalue weighted by Crippen LogP contribution is -2.32. The summed E-state index contributed by atoms with van der Waals surface area (Å²) in [6.07, 6.45) is 0.365. The Morgan fingerprint density at radius 3 is 2.44 bits per heavy atom. The van der Waals surface area contributed by atoms with Crippen molar-refractivity contribution in [3.63, 3.8) is 0 Å². The maximum atomic E-state index is 13.1. The van der Waals surface area contributed by atoms with Gasteiger partial charge in [0.15, 0.2) is 0 Å². The highest BCUT2D eigenvalue weighted by Gasteiger charge is 2.29. The molecular formula is C25H20Cl2FNO5. The molecular weight excluding hydrogens is 484 g/mol. The summed E-state index contributed by atoms with van der Waals surface area (Å²) in [6, 6.07) is 16.0. The Balaban J connectivity index is 1.53. The monoisotopic (exact) mass is 503 g/mol. The van der Waals surface area contributed by atoms with E-state index in [0.717, 1.165) is 0 Å². The van der Waals surface area contributed by atoms with Crippen LogP contribution in [0.4, 0.5) is 10.1 Å². The molecule has 1 amide bonds. The quantitative estimate of drug-likeness (QED) is 0.406. The van der Waals surface area contributed by atoms with Gasteiger partial charge in [0.2, 0.25) is 0 Å². The van der Waals surface area contributed by atoms with Crippen molar-refractivity contribution in [1.29, 1.82) is 0 Å². The van der Waals surface area contributed by atoms with Crippen molar-refractivity contribution in [3.05, 3.63) is 81.8 Å². The van der Waals surface area contributed by atoms with Crippen molar-refractivity contribution in [2.24, 2.45) is 0 Å². The van der Waals surface area contributed by atoms with Gasteiger partial charge in [-0.2, -0.15) is 0 Å². The van der Waals surface area contributed by atoms with Crippen molar-refractivity contribution < 1.29 is 28.6 Å². The minimum atomic E-state index is -0.935. The fraction of sp³-hybridized carbons (Fsp3) is 0.200. The number of ether oxygens (including phenoxy) is 2. The van der Waals surface area contributed by atoms with Crippen LogP contribution in [0.2, 0.25) is 10.0 Å². The lowest BCUT2D eigenvalue weighted by molar-refractivity contribution is -0.139. The lowest BCUT2D eigenvalue weighted by Gasteiger charge is -2.24. The number of aliphatic carboxylic acids is 1. The summed E-state index contributed by atoms with van der Waals surface area (Å²) in [5.74, 6) is -0.872. The van der Waals surface area contributed by atoms with Crippen LogP contribution in [-0.4, -0.2) is 36.8 Å². The molecule has 3 aromatic carbocycles. The first-order valence-corrected chi connectivity index (χ1v) is 11.2. The van der Waals surface area contributed by atoms with Gasteiger partial charge >= 0.3 is 5.97 Å². The minimum Gasteiger partial charge on any atom is -0.493 e. The van der Waals surface area contributed by atoms with E-state index in [9.17, 15) is 19.1 Å². The number of anilines is 1. The average molecular weight is 504 g/mol. The fourth-order valence-corrected chi connectivity index (χ4v) is 4.06. The predicted octanol–water partition coefficient (Wildman–Crippen LogP) is 6.35. The van der Waals surface area contributed by atoms with Crippen LogP contribution in [0.3, 0.4) is 0 Å². The Morgan fingerprint density at radius 2 is 1.79 bits per heavy atom. The molecule has 0 bridgehead atoms. The normalized spacial score (nSPS) is 14.6. The van der Waals surface area contributed by atoms with Crippen LogP contribution >= 0.6 is 23.2 Å². The molecule has 0 fully saturated rings. The van der Waals surface area contributed by atoms with Gasteiger partial charge in [-0.05, 0) is 61.0 Å². The van der Waals surface area contributed by atoms with Crippen molar-refractivity contribution in [2.75, 3.05) is 24.7 Å². The molecule has 0 radical (unpaired) electrons. The molecule has 0 saturated heterocycles. The number of rotatable bonds is 7. The summed E-state index contributed by atoms with van der Waals surface area (Å²) in [4.78, 5) is 25.8. The number of alkyl halides is 1. The standard InChI is InChI=1S/C25H20Cl2FNO5/c26-16-3-5-17(6-4-16)29(11-10-28)24(30)15-1-7-18(8-2-15)34-23-14-22-20(13-21(23)27)19(25(31)32)9-12-33-22/h1-8,13-14,19H,9-12H2,(H,31,32). The molecule has 1 atom stereocenters. The van der Waals surface area contributed by atoms with Crippen LogP contribution < -0.4 is 14.4 Å². The summed E-state index contributed by atoms with van der Waals surface area (Å²) in [6.45, 7) is -0.511. The van der Waals surface area contributed by atoms with Crippen LogP contribution in [0.1, 0.15) is 28.3 Å². The summed E-state index contributed by atoms with van der Waals surface area (Å²) in [5.41, 5.74) is 1.39. The Hall–Kier alpha value is -3.29. The number of nitrogens with zero attached hydrogens (tertiary/aromatic N) is 1. The zero-order valence-electron chi connectivity index (χ0n) is 17.8. The van der Waals surface area contributed by atoms with Gasteiger partial charge in [0.05, 0.1) is 24.1 Å². The number of amides is 1. The minimum absolute atomic E-state index is 0.0964.